The summed E-state index contributed by atoms with van der Waals surface area (Å²) in [5.74, 6) is 0.135. The zero-order chi connectivity index (χ0) is 19.7. The molecular weight excluding hydrogens is 374 g/mol. The van der Waals surface area contributed by atoms with Crippen molar-refractivity contribution in [3.05, 3.63) is 30.5 Å². The second kappa shape index (κ2) is 7.87. The molecule has 1 aromatic heterocycles. The molecule has 2 saturated heterocycles. The third-order valence-electron chi connectivity index (χ3n) is 6.09. The summed E-state index contributed by atoms with van der Waals surface area (Å²) >= 11 is 0. The van der Waals surface area contributed by atoms with Gasteiger partial charge in [0.2, 0.25) is 15.9 Å². The highest BCUT2D eigenvalue weighted by atomic mass is 32.2. The Kier molecular flexibility index (Phi) is 5.47. The van der Waals surface area contributed by atoms with E-state index in [2.05, 4.69) is 0 Å². The van der Waals surface area contributed by atoms with Crippen LogP contribution < -0.4 is 0 Å². The predicted molar refractivity (Wildman–Crippen MR) is 110 cm³/mol. The first-order chi connectivity index (χ1) is 13.5. The number of benzene rings is 1. The Bertz CT molecular complexity index is 952. The molecule has 3 heterocycles. The number of rotatable bonds is 4. The molecule has 0 spiro atoms. The van der Waals surface area contributed by atoms with Crippen molar-refractivity contribution < 1.29 is 13.2 Å². The second-order valence-electron chi connectivity index (χ2n) is 7.97. The standard InChI is InChI=1S/C21H29N3O3S/c1-17(21(25)22-11-6-7-12-22)24-15-10-18-16-19(8-9-20(18)24)28(26,27)23-13-4-2-3-5-14-23/h8-10,15-17H,2-7,11-14H2,1H3/t17-/m0/s1. The van der Waals surface area contributed by atoms with Gasteiger partial charge >= 0.3 is 0 Å². The van der Waals surface area contributed by atoms with E-state index in [9.17, 15) is 13.2 Å². The minimum atomic E-state index is -3.47. The van der Waals surface area contributed by atoms with Gasteiger partial charge in [0, 0.05) is 43.3 Å². The van der Waals surface area contributed by atoms with Crippen molar-refractivity contribution in [2.45, 2.75) is 56.4 Å². The number of hydrogen-bond acceptors (Lipinski definition) is 3. The molecule has 2 aliphatic heterocycles. The van der Waals surface area contributed by atoms with Crippen LogP contribution in [0.3, 0.4) is 0 Å². The van der Waals surface area contributed by atoms with Crippen LogP contribution in [0, 0.1) is 0 Å². The molecule has 1 aromatic carbocycles. The van der Waals surface area contributed by atoms with Crippen molar-refractivity contribution in [3.63, 3.8) is 0 Å². The van der Waals surface area contributed by atoms with E-state index < -0.39 is 10.0 Å². The van der Waals surface area contributed by atoms with Crippen LogP contribution >= 0.6 is 0 Å². The maximum atomic E-state index is 13.1. The summed E-state index contributed by atoms with van der Waals surface area (Å²) in [4.78, 5) is 15.0. The first-order valence-electron chi connectivity index (χ1n) is 10.4. The van der Waals surface area contributed by atoms with Crippen LogP contribution in [0.25, 0.3) is 10.9 Å². The predicted octanol–water partition coefficient (Wildman–Crippen LogP) is 3.39. The van der Waals surface area contributed by atoms with Crippen molar-refractivity contribution in [2.24, 2.45) is 0 Å². The van der Waals surface area contributed by atoms with Crippen molar-refractivity contribution >= 4 is 26.8 Å². The van der Waals surface area contributed by atoms with Gasteiger partial charge in [-0.15, -0.1) is 0 Å². The van der Waals surface area contributed by atoms with Crippen molar-refractivity contribution in [1.82, 2.24) is 13.8 Å². The van der Waals surface area contributed by atoms with Crippen molar-refractivity contribution in [2.75, 3.05) is 26.2 Å². The van der Waals surface area contributed by atoms with E-state index >= 15 is 0 Å². The molecule has 2 aromatic rings. The van der Waals surface area contributed by atoms with Gasteiger partial charge in [0.25, 0.3) is 0 Å². The fourth-order valence-electron chi connectivity index (χ4n) is 4.39. The van der Waals surface area contributed by atoms with E-state index in [1.165, 1.54) is 0 Å². The van der Waals surface area contributed by atoms with Gasteiger partial charge in [-0.05, 0) is 56.9 Å². The molecule has 1 atom stereocenters. The summed E-state index contributed by atoms with van der Waals surface area (Å²) < 4.78 is 29.7. The molecule has 1 amide bonds. The van der Waals surface area contributed by atoms with Gasteiger partial charge in [0.1, 0.15) is 6.04 Å². The molecule has 2 aliphatic rings. The Morgan fingerprint density at radius 1 is 0.929 bits per heavy atom. The van der Waals surface area contributed by atoms with Crippen molar-refractivity contribution in [1.29, 1.82) is 0 Å². The number of carbonyl (C=O) groups excluding carboxylic acids is 1. The second-order valence-corrected chi connectivity index (χ2v) is 9.91. The number of fused-ring (bicyclic) bond motifs is 1. The summed E-state index contributed by atoms with van der Waals surface area (Å²) in [5.41, 5.74) is 0.898. The SMILES string of the molecule is C[C@@H](C(=O)N1CCCC1)n1ccc2cc(S(=O)(=O)N3CCCCCC3)ccc21. The van der Waals surface area contributed by atoms with Crippen LogP contribution in [0.1, 0.15) is 51.5 Å². The number of hydrogen-bond donors (Lipinski definition) is 0. The Balaban J connectivity index is 1.61. The fourth-order valence-corrected chi connectivity index (χ4v) is 5.95. The van der Waals surface area contributed by atoms with Crippen LogP contribution in [0.2, 0.25) is 0 Å². The molecule has 0 unspecified atom stereocenters. The zero-order valence-electron chi connectivity index (χ0n) is 16.5. The van der Waals surface area contributed by atoms with E-state index in [1.807, 2.05) is 34.7 Å². The molecule has 0 radical (unpaired) electrons. The lowest BCUT2D eigenvalue weighted by atomic mass is 10.2. The van der Waals surface area contributed by atoms with E-state index in [-0.39, 0.29) is 11.9 Å². The Morgan fingerprint density at radius 3 is 2.25 bits per heavy atom. The van der Waals surface area contributed by atoms with Gasteiger partial charge in [0.05, 0.1) is 4.90 Å². The number of carbonyl (C=O) groups is 1. The summed E-state index contributed by atoms with van der Waals surface area (Å²) in [6.07, 6.45) is 8.08. The highest BCUT2D eigenvalue weighted by molar-refractivity contribution is 7.89. The minimum Gasteiger partial charge on any atom is -0.341 e. The number of sulfonamides is 1. The van der Waals surface area contributed by atoms with Crippen molar-refractivity contribution in [3.8, 4) is 0 Å². The van der Waals surface area contributed by atoms with Gasteiger partial charge in [-0.2, -0.15) is 4.31 Å². The average molecular weight is 404 g/mol. The molecule has 152 valence electrons. The Labute approximate surface area is 167 Å². The average Bonchev–Trinajstić information content (AvgIpc) is 3.29. The number of aromatic nitrogens is 1. The molecule has 7 heteroatoms. The largest absolute Gasteiger partial charge is 0.341 e. The zero-order valence-corrected chi connectivity index (χ0v) is 17.3. The van der Waals surface area contributed by atoms with Crippen LogP contribution in [-0.2, 0) is 14.8 Å². The lowest BCUT2D eigenvalue weighted by Crippen LogP contribution is -2.33. The summed E-state index contributed by atoms with van der Waals surface area (Å²) in [6, 6.07) is 6.90. The van der Waals surface area contributed by atoms with E-state index in [1.54, 1.807) is 16.4 Å². The van der Waals surface area contributed by atoms with E-state index in [4.69, 9.17) is 0 Å². The number of nitrogens with zero attached hydrogens (tertiary/aromatic N) is 3. The monoisotopic (exact) mass is 403 g/mol. The first-order valence-corrected chi connectivity index (χ1v) is 11.8. The molecule has 0 aliphatic carbocycles. The topological polar surface area (TPSA) is 62.6 Å². The Hall–Kier alpha value is -1.86. The normalized spacial score (nSPS) is 20.4. The summed E-state index contributed by atoms with van der Waals surface area (Å²) in [7, 11) is -3.47. The highest BCUT2D eigenvalue weighted by Gasteiger charge is 2.27. The van der Waals surface area contributed by atoms with Crippen LogP contribution in [0.15, 0.2) is 35.4 Å². The number of amides is 1. The molecule has 0 N–H and O–H groups in total. The Morgan fingerprint density at radius 2 is 1.57 bits per heavy atom. The van der Waals surface area contributed by atoms with Crippen LogP contribution in [0.4, 0.5) is 0 Å². The third-order valence-corrected chi connectivity index (χ3v) is 7.98. The van der Waals surface area contributed by atoms with Gasteiger partial charge in [-0.25, -0.2) is 8.42 Å². The lowest BCUT2D eigenvalue weighted by molar-refractivity contribution is -0.133. The van der Waals surface area contributed by atoms with Crippen LogP contribution in [-0.4, -0.2) is 54.3 Å². The molecule has 28 heavy (non-hydrogen) atoms. The molecular formula is C21H29N3O3S. The van der Waals surface area contributed by atoms with Crippen LogP contribution in [0.5, 0.6) is 0 Å². The summed E-state index contributed by atoms with van der Waals surface area (Å²) in [5, 5.41) is 0.858. The maximum absolute atomic E-state index is 13.1. The van der Waals surface area contributed by atoms with Gasteiger partial charge < -0.3 is 9.47 Å². The maximum Gasteiger partial charge on any atom is 0.245 e. The van der Waals surface area contributed by atoms with E-state index in [0.717, 1.165) is 62.5 Å². The summed E-state index contributed by atoms with van der Waals surface area (Å²) in [6.45, 7) is 4.79. The van der Waals surface area contributed by atoms with Gasteiger partial charge in [-0.3, -0.25) is 4.79 Å². The van der Waals surface area contributed by atoms with Gasteiger partial charge in [-0.1, -0.05) is 12.8 Å². The molecule has 0 bridgehead atoms. The fraction of sp³-hybridized carbons (Fsp3) is 0.571. The quantitative estimate of drug-likeness (QED) is 0.786. The molecule has 4 rings (SSSR count). The first kappa shape index (κ1) is 19.5. The molecule has 6 nitrogen and oxygen atoms in total. The number of likely N-dealkylation sites (tertiary alicyclic amines) is 1. The minimum absolute atomic E-state index is 0.135. The smallest absolute Gasteiger partial charge is 0.245 e. The third kappa shape index (κ3) is 3.57. The molecule has 2 fully saturated rings. The molecule has 0 saturated carbocycles. The van der Waals surface area contributed by atoms with Gasteiger partial charge in [0.15, 0.2) is 0 Å². The lowest BCUT2D eigenvalue weighted by Gasteiger charge is -2.22. The highest BCUT2D eigenvalue weighted by Crippen LogP contribution is 2.27. The van der Waals surface area contributed by atoms with E-state index in [0.29, 0.717) is 18.0 Å².